The van der Waals surface area contributed by atoms with Gasteiger partial charge in [0.2, 0.25) is 0 Å². The van der Waals surface area contributed by atoms with Crippen molar-refractivity contribution in [1.82, 2.24) is 10.2 Å². The Morgan fingerprint density at radius 2 is 2.28 bits per heavy atom. The molecule has 1 unspecified atom stereocenters. The van der Waals surface area contributed by atoms with Crippen LogP contribution in [0.1, 0.15) is 31.9 Å². The Morgan fingerprint density at radius 1 is 1.44 bits per heavy atom. The molecule has 0 bridgehead atoms. The molecule has 0 amide bonds. The summed E-state index contributed by atoms with van der Waals surface area (Å²) in [6.07, 6.45) is 3.97. The van der Waals surface area contributed by atoms with Crippen molar-refractivity contribution in [3.05, 3.63) is 21.0 Å². The van der Waals surface area contributed by atoms with Crippen molar-refractivity contribution in [2.75, 3.05) is 19.6 Å². The molecular formula is C13H20Br2N2O. The summed E-state index contributed by atoms with van der Waals surface area (Å²) in [7, 11) is 0. The average Bonchev–Trinajstić information content (AvgIpc) is 2.69. The molecule has 1 aromatic rings. The molecule has 0 saturated carbocycles. The minimum Gasteiger partial charge on any atom is -0.452 e. The molecule has 1 aliphatic heterocycles. The Balaban J connectivity index is 1.88. The summed E-state index contributed by atoms with van der Waals surface area (Å²) < 4.78 is 7.42. The van der Waals surface area contributed by atoms with Crippen molar-refractivity contribution in [3.8, 4) is 0 Å². The van der Waals surface area contributed by atoms with Crippen molar-refractivity contribution in [3.63, 3.8) is 0 Å². The van der Waals surface area contributed by atoms with Crippen molar-refractivity contribution in [2.45, 2.75) is 38.8 Å². The highest BCUT2D eigenvalue weighted by Gasteiger charge is 2.17. The number of rotatable bonds is 5. The monoisotopic (exact) mass is 378 g/mol. The molecule has 2 heterocycles. The largest absolute Gasteiger partial charge is 0.452 e. The van der Waals surface area contributed by atoms with E-state index in [9.17, 15) is 0 Å². The number of nitrogens with zero attached hydrogens (tertiary/aromatic N) is 1. The molecule has 18 heavy (non-hydrogen) atoms. The van der Waals surface area contributed by atoms with Crippen LogP contribution in [0.15, 0.2) is 19.6 Å². The van der Waals surface area contributed by atoms with Crippen LogP contribution in [0, 0.1) is 0 Å². The third-order valence-electron chi connectivity index (χ3n) is 3.41. The molecule has 3 nitrogen and oxygen atoms in total. The lowest BCUT2D eigenvalue weighted by Crippen LogP contribution is -2.43. The maximum atomic E-state index is 5.64. The molecule has 0 aromatic carbocycles. The van der Waals surface area contributed by atoms with E-state index in [4.69, 9.17) is 4.42 Å². The predicted molar refractivity (Wildman–Crippen MR) is 80.7 cm³/mol. The van der Waals surface area contributed by atoms with Crippen LogP contribution in [0.4, 0.5) is 0 Å². The van der Waals surface area contributed by atoms with Gasteiger partial charge in [0.05, 0.1) is 11.0 Å². The minimum absolute atomic E-state index is 0.639. The number of hydrogen-bond donors (Lipinski definition) is 1. The molecule has 2 rings (SSSR count). The molecule has 1 fully saturated rings. The van der Waals surface area contributed by atoms with Gasteiger partial charge in [-0.3, -0.25) is 4.90 Å². The van der Waals surface area contributed by atoms with Crippen LogP contribution < -0.4 is 5.32 Å². The van der Waals surface area contributed by atoms with Crippen LogP contribution in [0.25, 0.3) is 0 Å². The van der Waals surface area contributed by atoms with Gasteiger partial charge in [0, 0.05) is 12.6 Å². The molecule has 1 aliphatic rings. The normalized spacial score (nSPS) is 20.6. The zero-order valence-electron chi connectivity index (χ0n) is 10.7. The first-order valence-electron chi connectivity index (χ1n) is 6.58. The van der Waals surface area contributed by atoms with Crippen LogP contribution >= 0.6 is 31.9 Å². The van der Waals surface area contributed by atoms with Crippen molar-refractivity contribution in [2.24, 2.45) is 0 Å². The maximum Gasteiger partial charge on any atom is 0.183 e. The third kappa shape index (κ3) is 4.08. The molecule has 0 radical (unpaired) electrons. The van der Waals surface area contributed by atoms with Gasteiger partial charge >= 0.3 is 0 Å². The van der Waals surface area contributed by atoms with Crippen LogP contribution in [0.2, 0.25) is 0 Å². The van der Waals surface area contributed by atoms with E-state index in [1.165, 1.54) is 25.8 Å². The highest BCUT2D eigenvalue weighted by molar-refractivity contribution is 9.13. The quantitative estimate of drug-likeness (QED) is 0.843. The number of halogens is 2. The highest BCUT2D eigenvalue weighted by atomic mass is 79.9. The van der Waals surface area contributed by atoms with E-state index in [-0.39, 0.29) is 0 Å². The zero-order valence-corrected chi connectivity index (χ0v) is 13.9. The molecule has 102 valence electrons. The van der Waals surface area contributed by atoms with Gasteiger partial charge in [-0.25, -0.2) is 0 Å². The van der Waals surface area contributed by atoms with Gasteiger partial charge in [-0.1, -0.05) is 13.3 Å². The number of likely N-dealkylation sites (N-methyl/N-ethyl adjacent to an activating group) is 1. The number of furan rings is 1. The first-order valence-corrected chi connectivity index (χ1v) is 8.17. The fraction of sp³-hybridized carbons (Fsp3) is 0.692. The minimum atomic E-state index is 0.639. The lowest BCUT2D eigenvalue weighted by atomic mass is 10.0. The predicted octanol–water partition coefficient (Wildman–Crippen LogP) is 3.77. The Morgan fingerprint density at radius 3 is 2.83 bits per heavy atom. The Kier molecular flexibility index (Phi) is 5.73. The van der Waals surface area contributed by atoms with Gasteiger partial charge in [-0.15, -0.1) is 0 Å². The van der Waals surface area contributed by atoms with Crippen molar-refractivity contribution in [1.29, 1.82) is 0 Å². The molecule has 1 atom stereocenters. The van der Waals surface area contributed by atoms with E-state index in [0.717, 1.165) is 34.5 Å². The SMILES string of the molecule is CCN(Cc1cc(Br)c(Br)o1)CC1CCCCN1. The van der Waals surface area contributed by atoms with Gasteiger partial charge in [0.25, 0.3) is 0 Å². The molecule has 1 aromatic heterocycles. The van der Waals surface area contributed by atoms with E-state index >= 15 is 0 Å². The van der Waals surface area contributed by atoms with Gasteiger partial charge < -0.3 is 9.73 Å². The second kappa shape index (κ2) is 7.08. The fourth-order valence-corrected chi connectivity index (χ4v) is 3.05. The lowest BCUT2D eigenvalue weighted by molar-refractivity contribution is 0.211. The summed E-state index contributed by atoms with van der Waals surface area (Å²) in [5, 5.41) is 3.60. The van der Waals surface area contributed by atoms with Crippen LogP contribution in [0.3, 0.4) is 0 Å². The van der Waals surface area contributed by atoms with Gasteiger partial charge in [0.15, 0.2) is 4.67 Å². The van der Waals surface area contributed by atoms with Gasteiger partial charge in [-0.2, -0.15) is 0 Å². The Hall–Kier alpha value is 0.160. The zero-order chi connectivity index (χ0) is 13.0. The lowest BCUT2D eigenvalue weighted by Gasteiger charge is -2.29. The highest BCUT2D eigenvalue weighted by Crippen LogP contribution is 2.27. The third-order valence-corrected chi connectivity index (χ3v) is 5.12. The van der Waals surface area contributed by atoms with Gasteiger partial charge in [0.1, 0.15) is 5.76 Å². The van der Waals surface area contributed by atoms with Crippen LogP contribution in [0.5, 0.6) is 0 Å². The number of nitrogens with one attached hydrogen (secondary N) is 1. The van der Waals surface area contributed by atoms with E-state index in [2.05, 4.69) is 49.0 Å². The smallest absolute Gasteiger partial charge is 0.183 e. The van der Waals surface area contributed by atoms with E-state index in [1.807, 2.05) is 6.07 Å². The van der Waals surface area contributed by atoms with Crippen LogP contribution in [-0.2, 0) is 6.54 Å². The Bertz CT molecular complexity index is 356. The van der Waals surface area contributed by atoms with Gasteiger partial charge in [-0.05, 0) is 63.9 Å². The van der Waals surface area contributed by atoms with Crippen molar-refractivity contribution < 1.29 is 4.42 Å². The number of piperidine rings is 1. The molecule has 5 heteroatoms. The fourth-order valence-electron chi connectivity index (χ4n) is 2.39. The summed E-state index contributed by atoms with van der Waals surface area (Å²) in [5.41, 5.74) is 0. The summed E-state index contributed by atoms with van der Waals surface area (Å²) >= 11 is 6.84. The second-order valence-electron chi connectivity index (χ2n) is 4.81. The van der Waals surface area contributed by atoms with Crippen LogP contribution in [-0.4, -0.2) is 30.6 Å². The van der Waals surface area contributed by atoms with Crippen molar-refractivity contribution >= 4 is 31.9 Å². The topological polar surface area (TPSA) is 28.4 Å². The maximum absolute atomic E-state index is 5.64. The Labute approximate surface area is 126 Å². The molecule has 0 aliphatic carbocycles. The first-order chi connectivity index (χ1) is 8.69. The molecule has 0 spiro atoms. The molecule has 1 saturated heterocycles. The second-order valence-corrected chi connectivity index (χ2v) is 6.38. The summed E-state index contributed by atoms with van der Waals surface area (Å²) in [6, 6.07) is 2.68. The van der Waals surface area contributed by atoms with E-state index in [1.54, 1.807) is 0 Å². The number of hydrogen-bond acceptors (Lipinski definition) is 3. The summed E-state index contributed by atoms with van der Waals surface area (Å²) in [5.74, 6) is 1.01. The average molecular weight is 380 g/mol. The molecule has 1 N–H and O–H groups in total. The van der Waals surface area contributed by atoms with E-state index < -0.39 is 0 Å². The summed E-state index contributed by atoms with van der Waals surface area (Å²) in [4.78, 5) is 2.43. The van der Waals surface area contributed by atoms with E-state index in [0.29, 0.717) is 6.04 Å². The first kappa shape index (κ1) is 14.6. The standard InChI is InChI=1S/C13H20Br2N2O/c1-2-17(8-10-5-3-4-6-16-10)9-11-7-12(14)13(15)18-11/h7,10,16H,2-6,8-9H2,1H3. The molecular weight excluding hydrogens is 360 g/mol. The summed E-state index contributed by atoms with van der Waals surface area (Å²) in [6.45, 7) is 6.40.